The Bertz CT molecular complexity index is 8910. The second-order valence-electron chi connectivity index (χ2n) is 31.5. The van der Waals surface area contributed by atoms with E-state index in [1.807, 2.05) is 64.3 Å². The van der Waals surface area contributed by atoms with Crippen LogP contribution in [0, 0.1) is 0 Å². The molecular weight excluding hydrogens is 1560 g/mol. The quantitative estimate of drug-likeness (QED) is 0.145. The van der Waals surface area contributed by atoms with Gasteiger partial charge in [0, 0.05) is 107 Å². The Morgan fingerprint density at radius 1 is 0.179 bits per heavy atom. The Hall–Kier alpha value is -15.4. The first-order valence-electron chi connectivity index (χ1n) is 41.6. The van der Waals surface area contributed by atoms with Gasteiger partial charge in [0.05, 0.1) is 47.2 Å². The highest BCUT2D eigenvalue weighted by Gasteiger charge is 2.26. The fourth-order valence-corrected chi connectivity index (χ4v) is 23.1. The zero-order valence-electron chi connectivity index (χ0n) is 66.1. The lowest BCUT2D eigenvalue weighted by molar-refractivity contribution is 0.668. The SMILES string of the molecule is c1ccc(-n2c3ccccc3c3sc4c(-c5ccccc5-c5cccc6oc7ccccc7c56)cccc4c32)cc1.c1ccc(-n2c3ccccc3c3sc4cc(-c5ccccc5-c5ccc6c(c5)oc5ccccc56)ccc4c32)cc1.c1ccc(-n2c3ccccc3c3sc4cc(-c5ccccc5-c5cccc6c5oc5ccccc56)ccc4c32)cc1. The van der Waals surface area contributed by atoms with Gasteiger partial charge in [-0.1, -0.05) is 315 Å². The first-order valence-corrected chi connectivity index (χ1v) is 44.0. The van der Waals surface area contributed by atoms with Crippen molar-refractivity contribution in [1.82, 2.24) is 13.7 Å². The zero-order chi connectivity index (χ0) is 80.7. The third-order valence-corrected chi connectivity index (χ3v) is 28.3. The molecule has 27 rings (SSSR count). The normalized spacial score (nSPS) is 11.9. The summed E-state index contributed by atoms with van der Waals surface area (Å²) in [6.45, 7) is 0. The van der Waals surface area contributed by atoms with Gasteiger partial charge in [-0.15, -0.1) is 34.0 Å². The number of hydrogen-bond acceptors (Lipinski definition) is 6. The van der Waals surface area contributed by atoms with Crippen molar-refractivity contribution in [2.75, 3.05) is 0 Å². The van der Waals surface area contributed by atoms with Crippen LogP contribution in [0.25, 0.3) is 243 Å². The number of fused-ring (bicyclic) bond motifs is 24. The standard InChI is InChI=1S/3C38H23NOS/c1-2-12-24(13-3-1)39-32-21-8-6-16-29(32)38-36(39)31-20-10-19-28(37(31)41-38)26-15-5-4-14-25(26)27-18-11-23-34-35(27)30-17-7-9-22-33(30)40-34;1-2-11-25(12-3-1)39-33-19-8-6-16-31(33)38-36(39)32-22-21-24(23-35(32)41-38)26-13-4-5-14-27(26)29-17-10-18-30-28-15-7-9-20-34(28)40-37(29)30;1-2-10-26(11-3-1)39-33-16-8-6-15-31(33)38-37(39)32-21-19-25(23-36(32)41-38)28-13-5-4-12-27(28)24-18-20-30-29-14-7-9-17-34(29)40-35(30)22-24/h3*1-23H. The predicted molar refractivity (Wildman–Crippen MR) is 523 cm³/mol. The van der Waals surface area contributed by atoms with Gasteiger partial charge in [-0.25, -0.2) is 0 Å². The molecule has 0 bridgehead atoms. The van der Waals surface area contributed by atoms with E-state index in [0.717, 1.165) is 71.6 Å². The number of nitrogens with zero attached hydrogens (tertiary/aromatic N) is 3. The average molecular weight is 1630 g/mol. The summed E-state index contributed by atoms with van der Waals surface area (Å²) >= 11 is 5.67. The molecule has 0 saturated heterocycles. The van der Waals surface area contributed by atoms with Crippen LogP contribution >= 0.6 is 34.0 Å². The number of thiophene rings is 3. The number of hydrogen-bond donors (Lipinski definition) is 0. The average Bonchev–Trinajstić information content (AvgIpc) is 1.55. The summed E-state index contributed by atoms with van der Waals surface area (Å²) in [4.78, 5) is 0. The molecule has 0 aliphatic heterocycles. The molecule has 0 aliphatic carbocycles. The molecule has 9 heterocycles. The van der Waals surface area contributed by atoms with Crippen LogP contribution in [0.5, 0.6) is 0 Å². The summed E-state index contributed by atoms with van der Waals surface area (Å²) < 4.78 is 34.1. The van der Waals surface area contributed by atoms with Gasteiger partial charge in [0.25, 0.3) is 0 Å². The number of furan rings is 3. The van der Waals surface area contributed by atoms with Crippen molar-refractivity contribution in [3.05, 3.63) is 419 Å². The van der Waals surface area contributed by atoms with Gasteiger partial charge >= 0.3 is 0 Å². The van der Waals surface area contributed by atoms with Crippen LogP contribution in [0.15, 0.2) is 432 Å². The van der Waals surface area contributed by atoms with Gasteiger partial charge in [-0.05, 0) is 159 Å². The van der Waals surface area contributed by atoms with E-state index >= 15 is 0 Å². The van der Waals surface area contributed by atoms with Crippen molar-refractivity contribution >= 4 is 193 Å². The lowest BCUT2D eigenvalue weighted by Crippen LogP contribution is -1.93. The van der Waals surface area contributed by atoms with E-state index in [-0.39, 0.29) is 0 Å². The van der Waals surface area contributed by atoms with Crippen LogP contribution in [0.2, 0.25) is 0 Å². The smallest absolute Gasteiger partial charge is 0.143 e. The number of aromatic nitrogens is 3. The topological polar surface area (TPSA) is 54.2 Å². The maximum absolute atomic E-state index is 6.42. The van der Waals surface area contributed by atoms with Crippen molar-refractivity contribution in [2.45, 2.75) is 0 Å². The summed E-state index contributed by atoms with van der Waals surface area (Å²) in [7, 11) is 0. The third kappa shape index (κ3) is 11.4. The first kappa shape index (κ1) is 70.6. The number of rotatable bonds is 9. The van der Waals surface area contributed by atoms with Crippen LogP contribution < -0.4 is 0 Å². The fourth-order valence-electron chi connectivity index (χ4n) is 19.3. The van der Waals surface area contributed by atoms with E-state index in [0.29, 0.717) is 0 Å². The molecule has 0 saturated carbocycles. The van der Waals surface area contributed by atoms with E-state index in [9.17, 15) is 0 Å². The summed E-state index contributed by atoms with van der Waals surface area (Å²) in [6.07, 6.45) is 0. The lowest BCUT2D eigenvalue weighted by atomic mass is 9.91. The van der Waals surface area contributed by atoms with E-state index in [2.05, 4.69) is 402 Å². The first-order chi connectivity index (χ1) is 61.0. The predicted octanol–water partition coefficient (Wildman–Crippen LogP) is 33.7. The second kappa shape index (κ2) is 28.7. The zero-order valence-corrected chi connectivity index (χ0v) is 68.6. The molecule has 0 aliphatic rings. The van der Waals surface area contributed by atoms with Crippen LogP contribution in [0.1, 0.15) is 0 Å². The molecule has 0 unspecified atom stereocenters. The highest BCUT2D eigenvalue weighted by atomic mass is 32.1. The molecular formula is C114H69N3O3S3. The van der Waals surface area contributed by atoms with Gasteiger partial charge in [0.15, 0.2) is 0 Å². The molecule has 6 nitrogen and oxygen atoms in total. The molecule has 0 amide bonds. The fraction of sp³-hybridized carbons (Fsp3) is 0. The van der Waals surface area contributed by atoms with Gasteiger partial charge in [0.1, 0.15) is 33.5 Å². The Balaban J connectivity index is 0.000000101. The van der Waals surface area contributed by atoms with Crippen LogP contribution in [-0.4, -0.2) is 13.7 Å². The van der Waals surface area contributed by atoms with Gasteiger partial charge in [0.2, 0.25) is 0 Å². The summed E-state index contributed by atoms with van der Waals surface area (Å²) in [6, 6.07) is 150. The van der Waals surface area contributed by atoms with Gasteiger partial charge in [-0.3, -0.25) is 0 Å². The summed E-state index contributed by atoms with van der Waals surface area (Å²) in [5.74, 6) is 0. The molecule has 0 atom stereocenters. The number of para-hydroxylation sites is 10. The Morgan fingerprint density at radius 3 is 1.04 bits per heavy atom. The van der Waals surface area contributed by atoms with Crippen LogP contribution in [-0.2, 0) is 0 Å². The lowest BCUT2D eigenvalue weighted by Gasteiger charge is -2.13. The molecule has 576 valence electrons. The second-order valence-corrected chi connectivity index (χ2v) is 34.6. The van der Waals surface area contributed by atoms with Gasteiger partial charge in [-0.2, -0.15) is 0 Å². The van der Waals surface area contributed by atoms with Crippen molar-refractivity contribution in [3.63, 3.8) is 0 Å². The molecule has 0 N–H and O–H groups in total. The highest BCUT2D eigenvalue weighted by molar-refractivity contribution is 7.28. The molecule has 0 radical (unpaired) electrons. The highest BCUT2D eigenvalue weighted by Crippen LogP contribution is 2.52. The maximum Gasteiger partial charge on any atom is 0.143 e. The molecule has 9 aromatic heterocycles. The minimum atomic E-state index is 0.918. The minimum absolute atomic E-state index is 0.918. The van der Waals surface area contributed by atoms with E-state index in [1.54, 1.807) is 0 Å². The number of benzene rings is 18. The molecule has 123 heavy (non-hydrogen) atoms. The Labute approximate surface area is 717 Å². The largest absolute Gasteiger partial charge is 0.456 e. The minimum Gasteiger partial charge on any atom is -0.456 e. The third-order valence-electron chi connectivity index (χ3n) is 24.7. The van der Waals surface area contributed by atoms with Crippen LogP contribution in [0.4, 0.5) is 0 Å². The molecule has 0 spiro atoms. The van der Waals surface area contributed by atoms with Crippen molar-refractivity contribution in [2.24, 2.45) is 0 Å². The van der Waals surface area contributed by atoms with Gasteiger partial charge < -0.3 is 27.0 Å². The summed E-state index contributed by atoms with van der Waals surface area (Å²) in [5, 5.41) is 14.7. The monoisotopic (exact) mass is 1620 g/mol. The van der Waals surface area contributed by atoms with Crippen molar-refractivity contribution < 1.29 is 13.3 Å². The molecule has 0 fully saturated rings. The van der Waals surface area contributed by atoms with E-state index in [4.69, 9.17) is 13.3 Å². The van der Waals surface area contributed by atoms with Crippen LogP contribution in [0.3, 0.4) is 0 Å². The maximum atomic E-state index is 6.42. The molecule has 27 aromatic rings. The Morgan fingerprint density at radius 2 is 0.504 bits per heavy atom. The van der Waals surface area contributed by atoms with Crippen molar-refractivity contribution in [1.29, 1.82) is 0 Å². The van der Waals surface area contributed by atoms with E-state index in [1.165, 1.54) is 172 Å². The summed E-state index contributed by atoms with van der Waals surface area (Å²) in [5.41, 5.74) is 31.1. The Kier molecular flexibility index (Phi) is 16.5. The molecule has 18 aromatic carbocycles. The van der Waals surface area contributed by atoms with Crippen molar-refractivity contribution in [3.8, 4) is 83.8 Å². The molecule has 9 heteroatoms. The van der Waals surface area contributed by atoms with E-state index < -0.39 is 0 Å².